The lowest BCUT2D eigenvalue weighted by Crippen LogP contribution is -2.36. The zero-order chi connectivity index (χ0) is 23.6. The summed E-state index contributed by atoms with van der Waals surface area (Å²) in [6, 6.07) is 10.6. The fourth-order valence-corrected chi connectivity index (χ4v) is 3.81. The van der Waals surface area contributed by atoms with Gasteiger partial charge in [-0.05, 0) is 59.6 Å². The van der Waals surface area contributed by atoms with Crippen molar-refractivity contribution in [3.05, 3.63) is 53.1 Å². The quantitative estimate of drug-likeness (QED) is 0.523. The highest BCUT2D eigenvalue weighted by molar-refractivity contribution is 7.17. The molecule has 2 aromatic carbocycles. The Kier molecular flexibility index (Phi) is 7.25. The van der Waals surface area contributed by atoms with E-state index in [0.717, 1.165) is 23.4 Å². The highest BCUT2D eigenvalue weighted by Crippen LogP contribution is 2.36. The number of nitrogens with zero attached hydrogens (tertiary/aromatic N) is 3. The van der Waals surface area contributed by atoms with Gasteiger partial charge >= 0.3 is 5.85 Å². The summed E-state index contributed by atoms with van der Waals surface area (Å²) in [5.41, 5.74) is 3.30. The molecule has 0 saturated carbocycles. The zero-order valence-corrected chi connectivity index (χ0v) is 20.2. The predicted octanol–water partition coefficient (Wildman–Crippen LogP) is 4.04. The van der Waals surface area contributed by atoms with Crippen LogP contribution in [0.2, 0.25) is 0 Å². The SMILES string of the molecule is COc1cc(N(C)CC(C)N(C)C)cc2c1C(=O)N(Cc1ccc(OC(F)(F)P)cc1)C2. The van der Waals surface area contributed by atoms with Crippen molar-refractivity contribution in [2.75, 3.05) is 39.7 Å². The Morgan fingerprint density at radius 3 is 2.41 bits per heavy atom. The maximum absolute atomic E-state index is 13.1. The molecule has 0 radical (unpaired) electrons. The number of carbonyl (C=O) groups excluding carboxylic acids is 1. The summed E-state index contributed by atoms with van der Waals surface area (Å²) in [4.78, 5) is 19.1. The molecule has 2 unspecified atom stereocenters. The highest BCUT2D eigenvalue weighted by atomic mass is 31.0. The Morgan fingerprint density at radius 2 is 1.84 bits per heavy atom. The van der Waals surface area contributed by atoms with E-state index in [0.29, 0.717) is 30.4 Å². The van der Waals surface area contributed by atoms with Gasteiger partial charge in [0, 0.05) is 44.5 Å². The van der Waals surface area contributed by atoms with Gasteiger partial charge in [-0.1, -0.05) is 12.1 Å². The molecule has 1 heterocycles. The van der Waals surface area contributed by atoms with Crippen LogP contribution in [0.25, 0.3) is 0 Å². The molecule has 1 aliphatic heterocycles. The molecule has 3 rings (SSSR count). The van der Waals surface area contributed by atoms with Crippen molar-refractivity contribution in [1.29, 1.82) is 0 Å². The Bertz CT molecular complexity index is 964. The van der Waals surface area contributed by atoms with Crippen molar-refractivity contribution in [2.24, 2.45) is 0 Å². The normalized spacial score (nSPS) is 14.5. The van der Waals surface area contributed by atoms with Gasteiger partial charge in [0.25, 0.3) is 5.91 Å². The van der Waals surface area contributed by atoms with Crippen molar-refractivity contribution < 1.29 is 23.0 Å². The second-order valence-corrected chi connectivity index (χ2v) is 9.02. The minimum Gasteiger partial charge on any atom is -0.496 e. The van der Waals surface area contributed by atoms with E-state index in [4.69, 9.17) is 4.74 Å². The maximum atomic E-state index is 13.1. The number of ether oxygens (including phenoxy) is 2. The van der Waals surface area contributed by atoms with Gasteiger partial charge < -0.3 is 24.2 Å². The topological polar surface area (TPSA) is 45.2 Å². The standard InChI is InChI=1S/C23H30F2N3O3P/c1-15(26(2)3)12-27(4)18-10-17-14-28(22(29)21(17)20(11-18)30-5)13-16-6-8-19(9-7-16)31-23(24,25)32/h6-11,15H,12-14,32H2,1-5H3. The van der Waals surface area contributed by atoms with Gasteiger partial charge in [0.2, 0.25) is 0 Å². The summed E-state index contributed by atoms with van der Waals surface area (Å²) >= 11 is 0. The van der Waals surface area contributed by atoms with Gasteiger partial charge in [0.1, 0.15) is 11.5 Å². The van der Waals surface area contributed by atoms with Crippen LogP contribution in [0.1, 0.15) is 28.4 Å². The van der Waals surface area contributed by atoms with Crippen molar-refractivity contribution in [2.45, 2.75) is 31.9 Å². The third-order valence-electron chi connectivity index (χ3n) is 5.66. The first kappa shape index (κ1) is 24.2. The van der Waals surface area contributed by atoms with Crippen molar-refractivity contribution >= 4 is 20.8 Å². The molecule has 0 saturated heterocycles. The van der Waals surface area contributed by atoms with E-state index < -0.39 is 5.85 Å². The number of hydrogen-bond donors (Lipinski definition) is 0. The van der Waals surface area contributed by atoms with Crippen LogP contribution >= 0.6 is 9.24 Å². The van der Waals surface area contributed by atoms with Gasteiger partial charge in [-0.2, -0.15) is 8.78 Å². The summed E-state index contributed by atoms with van der Waals surface area (Å²) in [5, 5.41) is 0. The van der Waals surface area contributed by atoms with Gasteiger partial charge in [-0.25, -0.2) is 0 Å². The van der Waals surface area contributed by atoms with E-state index in [2.05, 4.69) is 21.5 Å². The average molecular weight is 465 g/mol. The molecule has 0 fully saturated rings. The number of amides is 1. The van der Waals surface area contributed by atoms with E-state index in [1.54, 1.807) is 24.1 Å². The molecule has 1 aliphatic rings. The molecule has 6 nitrogen and oxygen atoms in total. The molecular formula is C23H30F2N3O3P. The Hall–Kier alpha value is -2.44. The lowest BCUT2D eigenvalue weighted by Gasteiger charge is -2.28. The van der Waals surface area contributed by atoms with Crippen LogP contribution in [0, 0.1) is 0 Å². The number of alkyl halides is 2. The molecule has 1 amide bonds. The lowest BCUT2D eigenvalue weighted by molar-refractivity contribution is -0.0892. The number of anilines is 1. The van der Waals surface area contributed by atoms with Gasteiger partial charge in [-0.15, -0.1) is 0 Å². The van der Waals surface area contributed by atoms with Crippen LogP contribution in [0.3, 0.4) is 0 Å². The van der Waals surface area contributed by atoms with Crippen LogP contribution in [0.5, 0.6) is 11.5 Å². The summed E-state index contributed by atoms with van der Waals surface area (Å²) in [6.45, 7) is 3.80. The molecule has 9 heteroatoms. The molecule has 2 atom stereocenters. The third-order valence-corrected chi connectivity index (χ3v) is 5.78. The smallest absolute Gasteiger partial charge is 0.408 e. The average Bonchev–Trinajstić information content (AvgIpc) is 3.03. The number of rotatable bonds is 9. The number of benzene rings is 2. The van der Waals surface area contributed by atoms with Crippen LogP contribution in [0.4, 0.5) is 14.5 Å². The molecule has 0 aromatic heterocycles. The van der Waals surface area contributed by atoms with Crippen molar-refractivity contribution in [3.8, 4) is 11.5 Å². The van der Waals surface area contributed by atoms with E-state index in [9.17, 15) is 13.6 Å². The van der Waals surface area contributed by atoms with Crippen LogP contribution in [-0.2, 0) is 13.1 Å². The number of halogens is 2. The monoisotopic (exact) mass is 465 g/mol. The summed E-state index contributed by atoms with van der Waals surface area (Å²) in [7, 11) is 9.03. The molecule has 0 bridgehead atoms. The molecule has 0 spiro atoms. The Balaban J connectivity index is 1.77. The minimum absolute atomic E-state index is 0.0612. The summed E-state index contributed by atoms with van der Waals surface area (Å²) in [6.07, 6.45) is 0. The fourth-order valence-electron chi connectivity index (χ4n) is 3.67. The van der Waals surface area contributed by atoms with E-state index in [-0.39, 0.29) is 11.7 Å². The van der Waals surface area contributed by atoms with Crippen molar-refractivity contribution in [1.82, 2.24) is 9.80 Å². The number of likely N-dealkylation sites (N-methyl/N-ethyl adjacent to an activating group) is 2. The van der Waals surface area contributed by atoms with Crippen molar-refractivity contribution in [3.63, 3.8) is 0 Å². The molecule has 32 heavy (non-hydrogen) atoms. The highest BCUT2D eigenvalue weighted by Gasteiger charge is 2.32. The molecule has 0 aliphatic carbocycles. The third kappa shape index (κ3) is 5.67. The van der Waals surface area contributed by atoms with Gasteiger partial charge in [0.05, 0.1) is 12.7 Å². The maximum Gasteiger partial charge on any atom is 0.408 e. The fraction of sp³-hybridized carbons (Fsp3) is 0.435. The molecule has 2 aromatic rings. The molecule has 0 N–H and O–H groups in total. The first-order chi connectivity index (χ1) is 15.0. The number of carbonyl (C=O) groups is 1. The summed E-state index contributed by atoms with van der Waals surface area (Å²) in [5.74, 6) is -2.81. The zero-order valence-electron chi connectivity index (χ0n) is 19.1. The van der Waals surface area contributed by atoms with Gasteiger partial charge in [0.15, 0.2) is 0 Å². The Labute approximate surface area is 190 Å². The summed E-state index contributed by atoms with van der Waals surface area (Å²) < 4.78 is 36.0. The van der Waals surface area contributed by atoms with Gasteiger partial charge in [-0.3, -0.25) is 4.79 Å². The number of hydrogen-bond acceptors (Lipinski definition) is 5. The Morgan fingerprint density at radius 1 is 1.19 bits per heavy atom. The van der Waals surface area contributed by atoms with Crippen LogP contribution in [0.15, 0.2) is 36.4 Å². The molecule has 174 valence electrons. The number of fused-ring (bicyclic) bond motifs is 1. The molecular weight excluding hydrogens is 435 g/mol. The van der Waals surface area contributed by atoms with E-state index in [1.807, 2.05) is 33.3 Å². The van der Waals surface area contributed by atoms with E-state index >= 15 is 0 Å². The predicted molar refractivity (Wildman–Crippen MR) is 125 cm³/mol. The second-order valence-electron chi connectivity index (χ2n) is 8.34. The largest absolute Gasteiger partial charge is 0.496 e. The van der Waals surface area contributed by atoms with Crippen LogP contribution < -0.4 is 14.4 Å². The minimum atomic E-state index is -3.32. The van der Waals surface area contributed by atoms with Crippen LogP contribution in [-0.4, -0.2) is 62.4 Å². The lowest BCUT2D eigenvalue weighted by atomic mass is 10.1. The first-order valence-electron chi connectivity index (χ1n) is 10.3. The first-order valence-corrected chi connectivity index (χ1v) is 10.9. The number of methoxy groups -OCH3 is 1. The van der Waals surface area contributed by atoms with E-state index in [1.165, 1.54) is 21.4 Å². The second kappa shape index (κ2) is 9.59.